The van der Waals surface area contributed by atoms with Gasteiger partial charge in [0.15, 0.2) is 0 Å². The Morgan fingerprint density at radius 1 is 1.22 bits per heavy atom. The predicted octanol–water partition coefficient (Wildman–Crippen LogP) is 4.97. The second kappa shape index (κ2) is 9.03. The summed E-state index contributed by atoms with van der Waals surface area (Å²) in [6.07, 6.45) is 1.70. The minimum absolute atomic E-state index is 0.217. The Hall–Kier alpha value is -3.98. The van der Waals surface area contributed by atoms with Crippen LogP contribution < -0.4 is 4.74 Å². The van der Waals surface area contributed by atoms with Crippen LogP contribution in [0.3, 0.4) is 0 Å². The van der Waals surface area contributed by atoms with Crippen molar-refractivity contribution in [1.82, 2.24) is 4.90 Å². The number of carbonyl (C=O) groups is 1. The summed E-state index contributed by atoms with van der Waals surface area (Å²) in [4.78, 5) is 19.0. The normalized spacial score (nSPS) is 11.7. The summed E-state index contributed by atoms with van der Waals surface area (Å²) in [6, 6.07) is 17.8. The SMILES string of the molecule is CCOc1cc(C(=O)N(C)Cc2ccc(C#N)c3c2CN=C3)cc(F)c1-c1ccccc1. The molecule has 1 aliphatic heterocycles. The zero-order valence-electron chi connectivity index (χ0n) is 17.9. The van der Waals surface area contributed by atoms with E-state index in [0.717, 1.165) is 16.7 Å². The second-order valence-electron chi connectivity index (χ2n) is 7.54. The van der Waals surface area contributed by atoms with Crippen molar-refractivity contribution in [1.29, 1.82) is 5.26 Å². The van der Waals surface area contributed by atoms with E-state index < -0.39 is 5.82 Å². The quantitative estimate of drug-likeness (QED) is 0.558. The lowest BCUT2D eigenvalue weighted by Gasteiger charge is -2.21. The van der Waals surface area contributed by atoms with Gasteiger partial charge in [0, 0.05) is 30.9 Å². The molecule has 1 heterocycles. The third kappa shape index (κ3) is 3.97. The Kier molecular flexibility index (Phi) is 6.00. The highest BCUT2D eigenvalue weighted by atomic mass is 19.1. The first-order chi connectivity index (χ1) is 15.5. The van der Waals surface area contributed by atoms with E-state index in [1.807, 2.05) is 43.3 Å². The van der Waals surface area contributed by atoms with Crippen LogP contribution in [0.1, 0.15) is 39.5 Å². The zero-order valence-corrected chi connectivity index (χ0v) is 17.9. The molecule has 3 aromatic rings. The molecule has 4 rings (SSSR count). The van der Waals surface area contributed by atoms with E-state index in [9.17, 15) is 10.1 Å². The summed E-state index contributed by atoms with van der Waals surface area (Å²) >= 11 is 0. The van der Waals surface area contributed by atoms with Gasteiger partial charge in [-0.25, -0.2) is 4.39 Å². The van der Waals surface area contributed by atoms with Crippen LogP contribution in [0.4, 0.5) is 4.39 Å². The number of nitriles is 1. The lowest BCUT2D eigenvalue weighted by atomic mass is 9.98. The minimum Gasteiger partial charge on any atom is -0.493 e. The van der Waals surface area contributed by atoms with Gasteiger partial charge >= 0.3 is 0 Å². The summed E-state index contributed by atoms with van der Waals surface area (Å²) < 4.78 is 20.8. The number of benzene rings is 3. The van der Waals surface area contributed by atoms with E-state index in [-0.39, 0.29) is 11.5 Å². The van der Waals surface area contributed by atoms with Gasteiger partial charge in [0.05, 0.1) is 30.3 Å². The topological polar surface area (TPSA) is 65.7 Å². The molecule has 1 amide bonds. The lowest BCUT2D eigenvalue weighted by molar-refractivity contribution is 0.0784. The van der Waals surface area contributed by atoms with Crippen molar-refractivity contribution in [3.05, 3.63) is 88.2 Å². The molecule has 0 atom stereocenters. The summed E-state index contributed by atoms with van der Waals surface area (Å²) in [6.45, 7) is 2.98. The van der Waals surface area contributed by atoms with Crippen LogP contribution in [-0.2, 0) is 13.1 Å². The Morgan fingerprint density at radius 2 is 2.00 bits per heavy atom. The number of hydrogen-bond donors (Lipinski definition) is 0. The first kappa shape index (κ1) is 21.3. The van der Waals surface area contributed by atoms with Crippen molar-refractivity contribution in [3.8, 4) is 22.9 Å². The Bertz CT molecular complexity index is 1250. The van der Waals surface area contributed by atoms with Crippen molar-refractivity contribution in [2.75, 3.05) is 13.7 Å². The monoisotopic (exact) mass is 427 g/mol. The molecule has 0 saturated heterocycles. The molecule has 0 fully saturated rings. The van der Waals surface area contributed by atoms with Gasteiger partial charge in [-0.05, 0) is 41.8 Å². The van der Waals surface area contributed by atoms with Crippen LogP contribution in [-0.4, -0.2) is 30.7 Å². The molecular formula is C26H22FN3O2. The fourth-order valence-electron chi connectivity index (χ4n) is 3.92. The molecule has 0 bridgehead atoms. The van der Waals surface area contributed by atoms with Crippen molar-refractivity contribution < 1.29 is 13.9 Å². The number of rotatable bonds is 6. The number of ether oxygens (including phenoxy) is 1. The predicted molar refractivity (Wildman–Crippen MR) is 121 cm³/mol. The van der Waals surface area contributed by atoms with E-state index in [0.29, 0.717) is 42.1 Å². The molecule has 0 spiro atoms. The zero-order chi connectivity index (χ0) is 22.7. The first-order valence-corrected chi connectivity index (χ1v) is 10.3. The summed E-state index contributed by atoms with van der Waals surface area (Å²) in [7, 11) is 1.67. The number of amides is 1. The van der Waals surface area contributed by atoms with Crippen molar-refractivity contribution in [2.45, 2.75) is 20.0 Å². The van der Waals surface area contributed by atoms with Crippen LogP contribution >= 0.6 is 0 Å². The average Bonchev–Trinajstić information content (AvgIpc) is 3.30. The molecular weight excluding hydrogens is 405 g/mol. The Labute approximate surface area is 186 Å². The minimum atomic E-state index is -0.508. The van der Waals surface area contributed by atoms with Crippen LogP contribution in [0.2, 0.25) is 0 Å². The van der Waals surface area contributed by atoms with Gasteiger partial charge < -0.3 is 9.64 Å². The first-order valence-electron chi connectivity index (χ1n) is 10.3. The fraction of sp³-hybridized carbons (Fsp3) is 0.192. The summed E-state index contributed by atoms with van der Waals surface area (Å²) in [5.74, 6) is -0.490. The maximum absolute atomic E-state index is 15.1. The maximum Gasteiger partial charge on any atom is 0.254 e. The largest absolute Gasteiger partial charge is 0.493 e. The van der Waals surface area contributed by atoms with Gasteiger partial charge in [-0.3, -0.25) is 9.79 Å². The number of fused-ring (bicyclic) bond motifs is 1. The molecule has 0 unspecified atom stereocenters. The average molecular weight is 427 g/mol. The fourth-order valence-corrected chi connectivity index (χ4v) is 3.92. The molecule has 0 radical (unpaired) electrons. The lowest BCUT2D eigenvalue weighted by Crippen LogP contribution is -2.27. The third-order valence-corrected chi connectivity index (χ3v) is 5.46. The molecule has 0 aliphatic carbocycles. The van der Waals surface area contributed by atoms with Gasteiger partial charge in [-0.1, -0.05) is 36.4 Å². The van der Waals surface area contributed by atoms with Gasteiger partial charge in [-0.15, -0.1) is 0 Å². The van der Waals surface area contributed by atoms with Crippen LogP contribution in [0.15, 0.2) is 59.6 Å². The number of carbonyl (C=O) groups excluding carboxylic acids is 1. The summed E-state index contributed by atoms with van der Waals surface area (Å²) in [5, 5.41) is 9.29. The summed E-state index contributed by atoms with van der Waals surface area (Å²) in [5.41, 5.74) is 4.49. The van der Waals surface area contributed by atoms with E-state index >= 15 is 4.39 Å². The standard InChI is InChI=1S/C26H22FN3O2/c1-3-32-24-12-20(11-23(27)25(24)17-7-5-4-6-8-17)26(31)30(2)16-19-10-9-18(13-28)21-14-29-15-22(19)21/h4-12,14H,3,15-16H2,1-2H3. The number of halogens is 1. The molecule has 5 nitrogen and oxygen atoms in total. The second-order valence-corrected chi connectivity index (χ2v) is 7.54. The van der Waals surface area contributed by atoms with E-state index in [4.69, 9.17) is 4.74 Å². The van der Waals surface area contributed by atoms with Crippen LogP contribution in [0.5, 0.6) is 5.75 Å². The molecule has 3 aromatic carbocycles. The third-order valence-electron chi connectivity index (χ3n) is 5.46. The van der Waals surface area contributed by atoms with Crippen molar-refractivity contribution in [2.24, 2.45) is 4.99 Å². The van der Waals surface area contributed by atoms with Gasteiger partial charge in [0.25, 0.3) is 5.91 Å². The van der Waals surface area contributed by atoms with Gasteiger partial charge in [0.2, 0.25) is 0 Å². The smallest absolute Gasteiger partial charge is 0.254 e. The molecule has 0 saturated carbocycles. The van der Waals surface area contributed by atoms with Gasteiger partial charge in [0.1, 0.15) is 11.6 Å². The molecule has 0 N–H and O–H groups in total. The van der Waals surface area contributed by atoms with Gasteiger partial charge in [-0.2, -0.15) is 5.26 Å². The highest BCUT2D eigenvalue weighted by Gasteiger charge is 2.22. The molecule has 0 aromatic heterocycles. The Morgan fingerprint density at radius 3 is 2.72 bits per heavy atom. The highest BCUT2D eigenvalue weighted by molar-refractivity contribution is 5.96. The van der Waals surface area contributed by atoms with E-state index in [2.05, 4.69) is 11.1 Å². The number of nitrogens with zero attached hydrogens (tertiary/aromatic N) is 3. The number of aliphatic imine (C=N–C) groups is 1. The molecule has 6 heteroatoms. The van der Waals surface area contributed by atoms with Crippen molar-refractivity contribution in [3.63, 3.8) is 0 Å². The van der Waals surface area contributed by atoms with E-state index in [1.54, 1.807) is 25.4 Å². The van der Waals surface area contributed by atoms with E-state index in [1.165, 1.54) is 11.0 Å². The highest BCUT2D eigenvalue weighted by Crippen LogP contribution is 2.34. The molecule has 160 valence electrons. The molecule has 1 aliphatic rings. The van der Waals surface area contributed by atoms with Crippen LogP contribution in [0, 0.1) is 17.1 Å². The van der Waals surface area contributed by atoms with Crippen molar-refractivity contribution >= 4 is 12.1 Å². The Balaban J connectivity index is 1.64. The number of hydrogen-bond acceptors (Lipinski definition) is 4. The maximum atomic E-state index is 15.1. The molecule has 32 heavy (non-hydrogen) atoms. The van der Waals surface area contributed by atoms with Crippen LogP contribution in [0.25, 0.3) is 11.1 Å².